The van der Waals surface area contributed by atoms with Crippen molar-refractivity contribution in [2.75, 3.05) is 13.2 Å². The molecule has 1 fully saturated rings. The van der Waals surface area contributed by atoms with Gasteiger partial charge in [-0.05, 0) is 34.8 Å². The number of aliphatic imine (C=N–C) groups is 1. The molecule has 0 unspecified atom stereocenters. The van der Waals surface area contributed by atoms with Gasteiger partial charge in [0.2, 0.25) is 6.08 Å². The maximum atomic E-state index is 10.9. The van der Waals surface area contributed by atoms with Gasteiger partial charge in [0.05, 0.1) is 17.7 Å². The van der Waals surface area contributed by atoms with Crippen molar-refractivity contribution in [2.24, 2.45) is 4.99 Å². The van der Waals surface area contributed by atoms with E-state index >= 15 is 0 Å². The van der Waals surface area contributed by atoms with E-state index in [1.165, 1.54) is 0 Å². The number of rotatable bonds is 2. The molecule has 3 rings (SSSR count). The highest BCUT2D eigenvalue weighted by Gasteiger charge is 2.39. The summed E-state index contributed by atoms with van der Waals surface area (Å²) in [6, 6.07) is 3.94. The molecule has 20 heavy (non-hydrogen) atoms. The lowest BCUT2D eigenvalue weighted by Gasteiger charge is -2.26. The van der Waals surface area contributed by atoms with Crippen LogP contribution < -0.4 is 9.47 Å². The average molecular weight is 338 g/mol. The Morgan fingerprint density at radius 2 is 1.80 bits per heavy atom. The first-order valence-corrected chi connectivity index (χ1v) is 7.74. The Hall–Kier alpha value is -1.32. The standard InChI is InChI=1S/C15H16BrNO3/c16-12-5-4-11(13-14(12)20-9-3-8-19-13)15(17-10-18)6-1-2-7-15/h4-5H,1-3,6-9H2. The number of benzene rings is 1. The molecule has 0 bridgehead atoms. The molecule has 1 aromatic rings. The molecule has 0 saturated heterocycles. The highest BCUT2D eigenvalue weighted by atomic mass is 79.9. The Labute approximate surface area is 126 Å². The van der Waals surface area contributed by atoms with Gasteiger partial charge in [-0.25, -0.2) is 4.79 Å². The van der Waals surface area contributed by atoms with Crippen molar-refractivity contribution in [1.29, 1.82) is 0 Å². The summed E-state index contributed by atoms with van der Waals surface area (Å²) in [6.07, 6.45) is 6.46. The molecule has 0 radical (unpaired) electrons. The molecule has 0 N–H and O–H groups in total. The second-order valence-corrected chi connectivity index (χ2v) is 6.10. The average Bonchev–Trinajstić information content (AvgIpc) is 2.77. The van der Waals surface area contributed by atoms with Crippen LogP contribution in [0.4, 0.5) is 0 Å². The van der Waals surface area contributed by atoms with E-state index in [-0.39, 0.29) is 0 Å². The van der Waals surface area contributed by atoms with Crippen molar-refractivity contribution in [3.8, 4) is 11.5 Å². The van der Waals surface area contributed by atoms with Crippen LogP contribution in [0.2, 0.25) is 0 Å². The smallest absolute Gasteiger partial charge is 0.235 e. The van der Waals surface area contributed by atoms with Crippen molar-refractivity contribution in [2.45, 2.75) is 37.6 Å². The maximum absolute atomic E-state index is 10.9. The molecule has 0 atom stereocenters. The number of ether oxygens (including phenoxy) is 2. The number of isocyanates is 1. The van der Waals surface area contributed by atoms with Gasteiger partial charge in [0.1, 0.15) is 5.54 Å². The summed E-state index contributed by atoms with van der Waals surface area (Å²) in [5.74, 6) is 1.46. The first kappa shape index (κ1) is 13.7. The summed E-state index contributed by atoms with van der Waals surface area (Å²) in [7, 11) is 0. The van der Waals surface area contributed by atoms with Crippen LogP contribution in [0.1, 0.15) is 37.7 Å². The zero-order chi connectivity index (χ0) is 14.0. The predicted octanol–water partition coefficient (Wildman–Crippen LogP) is 3.72. The molecule has 2 aliphatic rings. The van der Waals surface area contributed by atoms with Crippen LogP contribution in [0.5, 0.6) is 11.5 Å². The zero-order valence-corrected chi connectivity index (χ0v) is 12.7. The van der Waals surface area contributed by atoms with Gasteiger partial charge in [0.15, 0.2) is 11.5 Å². The van der Waals surface area contributed by atoms with Crippen LogP contribution in [-0.4, -0.2) is 19.3 Å². The van der Waals surface area contributed by atoms with Crippen LogP contribution in [-0.2, 0) is 10.3 Å². The Morgan fingerprint density at radius 1 is 1.10 bits per heavy atom. The predicted molar refractivity (Wildman–Crippen MR) is 78.0 cm³/mol. The largest absolute Gasteiger partial charge is 0.489 e. The number of nitrogens with zero attached hydrogens (tertiary/aromatic N) is 1. The van der Waals surface area contributed by atoms with Crippen LogP contribution in [0.15, 0.2) is 21.6 Å². The third kappa shape index (κ3) is 2.25. The summed E-state index contributed by atoms with van der Waals surface area (Å²) >= 11 is 3.50. The van der Waals surface area contributed by atoms with E-state index in [1.54, 1.807) is 6.08 Å². The molecule has 1 saturated carbocycles. The highest BCUT2D eigenvalue weighted by Crippen LogP contribution is 2.50. The van der Waals surface area contributed by atoms with Gasteiger partial charge in [0.25, 0.3) is 0 Å². The molecule has 1 aliphatic carbocycles. The first-order valence-electron chi connectivity index (χ1n) is 6.94. The van der Waals surface area contributed by atoms with Crippen molar-refractivity contribution >= 4 is 22.0 Å². The van der Waals surface area contributed by atoms with Gasteiger partial charge in [0, 0.05) is 12.0 Å². The SMILES string of the molecule is O=C=NC1(c2ccc(Br)c3c2OCCCO3)CCCC1. The number of hydrogen-bond donors (Lipinski definition) is 0. The topological polar surface area (TPSA) is 47.9 Å². The highest BCUT2D eigenvalue weighted by molar-refractivity contribution is 9.10. The molecule has 4 nitrogen and oxygen atoms in total. The van der Waals surface area contributed by atoms with E-state index < -0.39 is 5.54 Å². The molecule has 1 aromatic carbocycles. The van der Waals surface area contributed by atoms with Crippen LogP contribution >= 0.6 is 15.9 Å². The van der Waals surface area contributed by atoms with Gasteiger partial charge in [-0.15, -0.1) is 0 Å². The van der Waals surface area contributed by atoms with Crippen molar-refractivity contribution in [3.05, 3.63) is 22.2 Å². The Bertz CT molecular complexity index is 560. The molecular formula is C15H16BrNO3. The summed E-state index contributed by atoms with van der Waals surface area (Å²) in [5, 5.41) is 0. The van der Waals surface area contributed by atoms with Gasteiger partial charge < -0.3 is 9.47 Å². The molecule has 5 heteroatoms. The fraction of sp³-hybridized carbons (Fsp3) is 0.533. The maximum Gasteiger partial charge on any atom is 0.235 e. The van der Waals surface area contributed by atoms with Gasteiger partial charge in [-0.3, -0.25) is 0 Å². The van der Waals surface area contributed by atoms with E-state index in [4.69, 9.17) is 9.47 Å². The van der Waals surface area contributed by atoms with E-state index in [0.717, 1.165) is 53.6 Å². The van der Waals surface area contributed by atoms with E-state index in [0.29, 0.717) is 13.2 Å². The lowest BCUT2D eigenvalue weighted by molar-refractivity contribution is 0.293. The number of carbonyl (C=O) groups excluding carboxylic acids is 1. The van der Waals surface area contributed by atoms with E-state index in [9.17, 15) is 4.79 Å². The Kier molecular flexibility index (Phi) is 3.81. The Balaban J connectivity index is 2.16. The Morgan fingerprint density at radius 3 is 2.50 bits per heavy atom. The molecule has 106 valence electrons. The molecule has 0 aromatic heterocycles. The third-order valence-corrected chi connectivity index (χ3v) is 4.66. The van der Waals surface area contributed by atoms with Crippen LogP contribution in [0.25, 0.3) is 0 Å². The van der Waals surface area contributed by atoms with Crippen LogP contribution in [0, 0.1) is 0 Å². The monoisotopic (exact) mass is 337 g/mol. The molecule has 0 spiro atoms. The van der Waals surface area contributed by atoms with Gasteiger partial charge in [-0.1, -0.05) is 18.9 Å². The fourth-order valence-electron chi connectivity index (χ4n) is 3.08. The molecule has 0 amide bonds. The molecular weight excluding hydrogens is 322 g/mol. The third-order valence-electron chi connectivity index (χ3n) is 4.04. The lowest BCUT2D eigenvalue weighted by atomic mass is 9.88. The van der Waals surface area contributed by atoms with Crippen molar-refractivity contribution in [1.82, 2.24) is 0 Å². The summed E-state index contributed by atoms with van der Waals surface area (Å²) in [6.45, 7) is 1.26. The number of halogens is 1. The summed E-state index contributed by atoms with van der Waals surface area (Å²) in [4.78, 5) is 15.0. The van der Waals surface area contributed by atoms with E-state index in [2.05, 4.69) is 20.9 Å². The van der Waals surface area contributed by atoms with Gasteiger partial charge >= 0.3 is 0 Å². The second-order valence-electron chi connectivity index (χ2n) is 5.25. The minimum Gasteiger partial charge on any atom is -0.489 e. The van der Waals surface area contributed by atoms with Crippen LogP contribution in [0.3, 0.4) is 0 Å². The summed E-state index contributed by atoms with van der Waals surface area (Å²) in [5.41, 5.74) is 0.471. The normalized spacial score (nSPS) is 20.1. The minimum atomic E-state index is -0.486. The minimum absolute atomic E-state index is 0.486. The fourth-order valence-corrected chi connectivity index (χ4v) is 3.51. The van der Waals surface area contributed by atoms with Gasteiger partial charge in [-0.2, -0.15) is 4.99 Å². The number of hydrogen-bond acceptors (Lipinski definition) is 4. The quantitative estimate of drug-likeness (QED) is 0.610. The zero-order valence-electron chi connectivity index (χ0n) is 11.2. The van der Waals surface area contributed by atoms with Crippen molar-refractivity contribution < 1.29 is 14.3 Å². The lowest BCUT2D eigenvalue weighted by Crippen LogP contribution is -2.20. The molecule has 1 heterocycles. The molecule has 1 aliphatic heterocycles. The van der Waals surface area contributed by atoms with Crippen molar-refractivity contribution in [3.63, 3.8) is 0 Å². The first-order chi connectivity index (χ1) is 9.77. The summed E-state index contributed by atoms with van der Waals surface area (Å²) < 4.78 is 12.6. The second kappa shape index (κ2) is 5.58. The number of fused-ring (bicyclic) bond motifs is 1. The van der Waals surface area contributed by atoms with E-state index in [1.807, 2.05) is 12.1 Å².